The molecule has 0 aliphatic carbocycles. The number of hydrogen-bond donors (Lipinski definition) is 1. The molecular formula is C14H15N3O3. The lowest BCUT2D eigenvalue weighted by Crippen LogP contribution is -2.39. The predicted octanol–water partition coefficient (Wildman–Crippen LogP) is 0.836. The zero-order valence-corrected chi connectivity index (χ0v) is 10.9. The standard InChI is InChI=1S/C14H15N3O3/c1-2-8-20-14(19)11-9-12(13(15)18)17(16-11)10-6-4-3-5-7-10/h2-7,12H,1,8-9H2,(H2,15,18). The highest BCUT2D eigenvalue weighted by atomic mass is 16.5. The summed E-state index contributed by atoms with van der Waals surface area (Å²) in [4.78, 5) is 23.3. The molecule has 0 saturated heterocycles. The summed E-state index contributed by atoms with van der Waals surface area (Å²) in [7, 11) is 0. The van der Waals surface area contributed by atoms with E-state index in [0.29, 0.717) is 5.69 Å². The molecule has 1 heterocycles. The van der Waals surface area contributed by atoms with Gasteiger partial charge in [0.25, 0.3) is 0 Å². The van der Waals surface area contributed by atoms with E-state index in [-0.39, 0.29) is 18.7 Å². The number of primary amides is 1. The Bertz CT molecular complexity index is 554. The van der Waals surface area contributed by atoms with Crippen LogP contribution in [0, 0.1) is 0 Å². The van der Waals surface area contributed by atoms with Crippen molar-refractivity contribution in [3.8, 4) is 0 Å². The molecule has 0 aromatic heterocycles. The van der Waals surface area contributed by atoms with Gasteiger partial charge in [0.2, 0.25) is 5.91 Å². The Labute approximate surface area is 116 Å². The number of rotatable bonds is 5. The van der Waals surface area contributed by atoms with Crippen LogP contribution in [0.25, 0.3) is 0 Å². The van der Waals surface area contributed by atoms with E-state index in [4.69, 9.17) is 10.5 Å². The van der Waals surface area contributed by atoms with Crippen LogP contribution in [0.4, 0.5) is 5.69 Å². The van der Waals surface area contributed by atoms with Crippen molar-refractivity contribution < 1.29 is 14.3 Å². The normalized spacial score (nSPS) is 17.5. The number of para-hydroxylation sites is 1. The highest BCUT2D eigenvalue weighted by Crippen LogP contribution is 2.24. The number of nitrogens with zero attached hydrogens (tertiary/aromatic N) is 2. The Morgan fingerprint density at radius 3 is 2.75 bits per heavy atom. The fraction of sp³-hybridized carbons (Fsp3) is 0.214. The molecule has 1 aliphatic heterocycles. The number of amides is 1. The second-order valence-corrected chi connectivity index (χ2v) is 4.24. The monoisotopic (exact) mass is 273 g/mol. The molecule has 0 fully saturated rings. The summed E-state index contributed by atoms with van der Waals surface area (Å²) in [6.45, 7) is 3.56. The lowest BCUT2D eigenvalue weighted by Gasteiger charge is -2.20. The van der Waals surface area contributed by atoms with E-state index in [0.717, 1.165) is 0 Å². The van der Waals surface area contributed by atoms with E-state index in [2.05, 4.69) is 11.7 Å². The van der Waals surface area contributed by atoms with Gasteiger partial charge in [-0.15, -0.1) is 0 Å². The van der Waals surface area contributed by atoms with Crippen LogP contribution in [0.5, 0.6) is 0 Å². The number of hydrazone groups is 1. The molecule has 6 heteroatoms. The van der Waals surface area contributed by atoms with Gasteiger partial charge in [-0.25, -0.2) is 4.79 Å². The zero-order chi connectivity index (χ0) is 14.5. The summed E-state index contributed by atoms with van der Waals surface area (Å²) in [6, 6.07) is 8.38. The third-order valence-electron chi connectivity index (χ3n) is 2.83. The molecule has 2 N–H and O–H groups in total. The average molecular weight is 273 g/mol. The molecule has 1 atom stereocenters. The largest absolute Gasteiger partial charge is 0.457 e. The number of anilines is 1. The molecule has 6 nitrogen and oxygen atoms in total. The highest BCUT2D eigenvalue weighted by Gasteiger charge is 2.35. The molecule has 1 aromatic carbocycles. The molecule has 1 aliphatic rings. The van der Waals surface area contributed by atoms with Gasteiger partial charge in [0, 0.05) is 6.42 Å². The molecule has 0 bridgehead atoms. The number of ether oxygens (including phenoxy) is 1. The van der Waals surface area contributed by atoms with E-state index in [1.807, 2.05) is 18.2 Å². The fourth-order valence-corrected chi connectivity index (χ4v) is 1.89. The van der Waals surface area contributed by atoms with Crippen LogP contribution in [0.1, 0.15) is 6.42 Å². The van der Waals surface area contributed by atoms with Crippen molar-refractivity contribution >= 4 is 23.3 Å². The minimum atomic E-state index is -0.677. The first-order valence-corrected chi connectivity index (χ1v) is 6.12. The smallest absolute Gasteiger partial charge is 0.354 e. The third-order valence-corrected chi connectivity index (χ3v) is 2.83. The Balaban J connectivity index is 2.23. The van der Waals surface area contributed by atoms with Gasteiger partial charge < -0.3 is 10.5 Å². The van der Waals surface area contributed by atoms with Gasteiger partial charge in [0.05, 0.1) is 5.69 Å². The zero-order valence-electron chi connectivity index (χ0n) is 10.9. The molecule has 104 valence electrons. The quantitative estimate of drug-likeness (QED) is 0.636. The van der Waals surface area contributed by atoms with E-state index in [9.17, 15) is 9.59 Å². The first-order valence-electron chi connectivity index (χ1n) is 6.12. The number of benzene rings is 1. The van der Waals surface area contributed by atoms with Gasteiger partial charge in [-0.05, 0) is 12.1 Å². The number of carbonyl (C=O) groups is 2. The van der Waals surface area contributed by atoms with Crippen LogP contribution in [-0.2, 0) is 14.3 Å². The van der Waals surface area contributed by atoms with Crippen molar-refractivity contribution in [3.63, 3.8) is 0 Å². The second-order valence-electron chi connectivity index (χ2n) is 4.24. The minimum Gasteiger partial charge on any atom is -0.457 e. The van der Waals surface area contributed by atoms with Crippen molar-refractivity contribution in [2.75, 3.05) is 11.6 Å². The summed E-state index contributed by atoms with van der Waals surface area (Å²) in [5.41, 5.74) is 6.24. The molecule has 0 radical (unpaired) electrons. The maximum Gasteiger partial charge on any atom is 0.354 e. The van der Waals surface area contributed by atoms with Crippen LogP contribution in [0.15, 0.2) is 48.1 Å². The van der Waals surface area contributed by atoms with Crippen molar-refractivity contribution in [2.45, 2.75) is 12.5 Å². The number of hydrogen-bond acceptors (Lipinski definition) is 5. The van der Waals surface area contributed by atoms with E-state index in [1.165, 1.54) is 11.1 Å². The van der Waals surface area contributed by atoms with Gasteiger partial charge in [0.1, 0.15) is 18.4 Å². The van der Waals surface area contributed by atoms with Gasteiger partial charge in [-0.1, -0.05) is 30.9 Å². The molecule has 2 rings (SSSR count). The second kappa shape index (κ2) is 6.01. The van der Waals surface area contributed by atoms with Crippen LogP contribution in [0.3, 0.4) is 0 Å². The first kappa shape index (κ1) is 13.8. The maximum absolute atomic E-state index is 11.8. The van der Waals surface area contributed by atoms with Crippen molar-refractivity contribution in [1.82, 2.24) is 0 Å². The Morgan fingerprint density at radius 2 is 2.15 bits per heavy atom. The summed E-state index contributed by atoms with van der Waals surface area (Å²) in [5, 5.41) is 5.61. The molecule has 0 spiro atoms. The predicted molar refractivity (Wildman–Crippen MR) is 75.1 cm³/mol. The fourth-order valence-electron chi connectivity index (χ4n) is 1.89. The maximum atomic E-state index is 11.8. The van der Waals surface area contributed by atoms with Crippen LogP contribution < -0.4 is 10.7 Å². The number of nitrogens with two attached hydrogens (primary N) is 1. The highest BCUT2D eigenvalue weighted by molar-refractivity contribution is 6.38. The Kier molecular flexibility index (Phi) is 4.14. The Hall–Kier alpha value is -2.63. The van der Waals surface area contributed by atoms with Crippen molar-refractivity contribution in [1.29, 1.82) is 0 Å². The SMILES string of the molecule is C=CCOC(=O)C1=NN(c2ccccc2)C(C(N)=O)C1. The minimum absolute atomic E-state index is 0.102. The number of esters is 1. The molecular weight excluding hydrogens is 258 g/mol. The van der Waals surface area contributed by atoms with E-state index < -0.39 is 17.9 Å². The van der Waals surface area contributed by atoms with Crippen LogP contribution in [-0.4, -0.2) is 30.2 Å². The topological polar surface area (TPSA) is 85.0 Å². The van der Waals surface area contributed by atoms with Gasteiger partial charge >= 0.3 is 5.97 Å². The molecule has 20 heavy (non-hydrogen) atoms. The van der Waals surface area contributed by atoms with Crippen LogP contribution >= 0.6 is 0 Å². The third kappa shape index (κ3) is 2.85. The summed E-state index contributed by atoms with van der Waals surface area (Å²) in [6.07, 6.45) is 1.61. The van der Waals surface area contributed by atoms with Gasteiger partial charge in [-0.2, -0.15) is 5.10 Å². The Morgan fingerprint density at radius 1 is 1.45 bits per heavy atom. The average Bonchev–Trinajstić information content (AvgIpc) is 2.91. The van der Waals surface area contributed by atoms with E-state index in [1.54, 1.807) is 12.1 Å². The first-order chi connectivity index (χ1) is 9.63. The van der Waals surface area contributed by atoms with Crippen LogP contribution in [0.2, 0.25) is 0 Å². The molecule has 0 saturated carbocycles. The summed E-state index contributed by atoms with van der Waals surface area (Å²) >= 11 is 0. The van der Waals surface area contributed by atoms with Gasteiger partial charge in [-0.3, -0.25) is 9.80 Å². The number of carbonyl (C=O) groups excluding carboxylic acids is 2. The molecule has 1 amide bonds. The molecule has 1 aromatic rings. The lowest BCUT2D eigenvalue weighted by atomic mass is 10.1. The van der Waals surface area contributed by atoms with Gasteiger partial charge in [0.15, 0.2) is 0 Å². The van der Waals surface area contributed by atoms with Crippen molar-refractivity contribution in [3.05, 3.63) is 43.0 Å². The summed E-state index contributed by atoms with van der Waals surface area (Å²) < 4.78 is 4.92. The van der Waals surface area contributed by atoms with Crippen molar-refractivity contribution in [2.24, 2.45) is 10.8 Å². The summed E-state index contributed by atoms with van der Waals surface area (Å²) in [5.74, 6) is -1.10. The molecule has 1 unspecified atom stereocenters. The lowest BCUT2D eigenvalue weighted by molar-refractivity contribution is -0.134. The van der Waals surface area contributed by atoms with E-state index >= 15 is 0 Å².